The van der Waals surface area contributed by atoms with E-state index in [1.165, 1.54) is 0 Å². The quantitative estimate of drug-likeness (QED) is 0.755. The molecule has 1 aliphatic carbocycles. The molecule has 3 N–H and O–H groups in total. The smallest absolute Gasteiger partial charge is 0.221 e. The molecule has 0 aromatic rings. The first-order valence-electron chi connectivity index (χ1n) is 5.04. The lowest BCUT2D eigenvalue weighted by Gasteiger charge is -2.51. The predicted molar refractivity (Wildman–Crippen MR) is 62.0 cm³/mol. The van der Waals surface area contributed by atoms with Gasteiger partial charge in [0, 0.05) is 31.5 Å². The molecule has 1 rings (SSSR count). The normalized spacial score (nSPS) is 27.5. The van der Waals surface area contributed by atoms with Gasteiger partial charge in [-0.1, -0.05) is 13.8 Å². The number of hydrogen-bond acceptors (Lipinski definition) is 3. The summed E-state index contributed by atoms with van der Waals surface area (Å²) in [6, 6.07) is 0.228. The van der Waals surface area contributed by atoms with E-state index in [0.29, 0.717) is 13.0 Å². The largest absolute Gasteiger partial charge is 0.381 e. The number of ether oxygens (including phenoxy) is 1. The Hall–Kier alpha value is -0.320. The number of methoxy groups -OCH3 is 1. The van der Waals surface area contributed by atoms with E-state index in [-0.39, 0.29) is 35.9 Å². The summed E-state index contributed by atoms with van der Waals surface area (Å²) in [6.45, 7) is 4.63. The summed E-state index contributed by atoms with van der Waals surface area (Å²) in [5.41, 5.74) is 5.34. The molecule has 0 bridgehead atoms. The molecule has 1 fully saturated rings. The molecule has 90 valence electrons. The van der Waals surface area contributed by atoms with Gasteiger partial charge in [-0.15, -0.1) is 12.4 Å². The maximum Gasteiger partial charge on any atom is 0.221 e. The summed E-state index contributed by atoms with van der Waals surface area (Å²) in [4.78, 5) is 11.3. The molecule has 2 atom stereocenters. The van der Waals surface area contributed by atoms with Gasteiger partial charge in [0.2, 0.25) is 5.91 Å². The fourth-order valence-corrected chi connectivity index (χ4v) is 1.93. The van der Waals surface area contributed by atoms with Gasteiger partial charge in [-0.3, -0.25) is 4.79 Å². The summed E-state index contributed by atoms with van der Waals surface area (Å²) in [5.74, 6) is 0.0418. The topological polar surface area (TPSA) is 64.3 Å². The molecule has 15 heavy (non-hydrogen) atoms. The lowest BCUT2D eigenvalue weighted by Crippen LogP contribution is -2.61. The molecule has 0 aliphatic heterocycles. The van der Waals surface area contributed by atoms with Gasteiger partial charge in [0.1, 0.15) is 0 Å². The summed E-state index contributed by atoms with van der Waals surface area (Å²) in [7, 11) is 1.71. The second-order valence-corrected chi connectivity index (χ2v) is 4.44. The Kier molecular flexibility index (Phi) is 5.56. The van der Waals surface area contributed by atoms with E-state index in [4.69, 9.17) is 10.5 Å². The van der Waals surface area contributed by atoms with Crippen LogP contribution in [0.3, 0.4) is 0 Å². The van der Waals surface area contributed by atoms with Crippen molar-refractivity contribution in [2.24, 2.45) is 11.1 Å². The van der Waals surface area contributed by atoms with Gasteiger partial charge in [-0.2, -0.15) is 0 Å². The first kappa shape index (κ1) is 14.7. The first-order valence-corrected chi connectivity index (χ1v) is 5.04. The number of carbonyl (C=O) groups is 1. The van der Waals surface area contributed by atoms with Crippen molar-refractivity contribution in [1.82, 2.24) is 5.32 Å². The number of hydrogen-bond donors (Lipinski definition) is 2. The van der Waals surface area contributed by atoms with Gasteiger partial charge in [-0.25, -0.2) is 0 Å². The Morgan fingerprint density at radius 1 is 1.60 bits per heavy atom. The second-order valence-electron chi connectivity index (χ2n) is 4.44. The highest BCUT2D eigenvalue weighted by Crippen LogP contribution is 2.42. The Balaban J connectivity index is 0.00000196. The van der Waals surface area contributed by atoms with Crippen LogP contribution in [0.15, 0.2) is 0 Å². The van der Waals surface area contributed by atoms with E-state index in [0.717, 1.165) is 6.42 Å². The van der Waals surface area contributed by atoms with Crippen LogP contribution in [0.1, 0.15) is 26.7 Å². The van der Waals surface area contributed by atoms with Gasteiger partial charge in [-0.05, 0) is 6.42 Å². The lowest BCUT2D eigenvalue weighted by atomic mass is 9.64. The van der Waals surface area contributed by atoms with Crippen LogP contribution in [-0.4, -0.2) is 31.7 Å². The lowest BCUT2D eigenvalue weighted by molar-refractivity contribution is -0.132. The van der Waals surface area contributed by atoms with Crippen LogP contribution >= 0.6 is 12.4 Å². The molecular weight excluding hydrogens is 216 g/mol. The van der Waals surface area contributed by atoms with E-state index < -0.39 is 0 Å². The van der Waals surface area contributed by atoms with Crippen LogP contribution in [0, 0.1) is 5.41 Å². The van der Waals surface area contributed by atoms with Crippen molar-refractivity contribution in [2.45, 2.75) is 38.8 Å². The Morgan fingerprint density at radius 3 is 2.60 bits per heavy atom. The monoisotopic (exact) mass is 236 g/mol. The fourth-order valence-electron chi connectivity index (χ4n) is 1.93. The highest BCUT2D eigenvalue weighted by Gasteiger charge is 2.48. The molecule has 1 aliphatic rings. The fraction of sp³-hybridized carbons (Fsp3) is 0.900. The van der Waals surface area contributed by atoms with E-state index in [2.05, 4.69) is 19.2 Å². The number of nitrogens with one attached hydrogen (secondary N) is 1. The van der Waals surface area contributed by atoms with Crippen LogP contribution in [0.2, 0.25) is 0 Å². The van der Waals surface area contributed by atoms with Crippen LogP contribution in [0.5, 0.6) is 0 Å². The number of nitrogens with two attached hydrogens (primary N) is 1. The Bertz CT molecular complexity index is 221. The number of carbonyl (C=O) groups excluding carboxylic acids is 1. The van der Waals surface area contributed by atoms with Crippen LogP contribution < -0.4 is 11.1 Å². The van der Waals surface area contributed by atoms with Crippen LogP contribution in [0.4, 0.5) is 0 Å². The molecule has 0 aromatic heterocycles. The molecule has 0 saturated heterocycles. The van der Waals surface area contributed by atoms with Crippen molar-refractivity contribution < 1.29 is 9.53 Å². The van der Waals surface area contributed by atoms with Crippen LogP contribution in [0.25, 0.3) is 0 Å². The number of rotatable bonds is 4. The molecule has 0 heterocycles. The Morgan fingerprint density at radius 2 is 2.20 bits per heavy atom. The van der Waals surface area contributed by atoms with Crippen molar-refractivity contribution in [3.8, 4) is 0 Å². The van der Waals surface area contributed by atoms with Crippen molar-refractivity contribution in [1.29, 1.82) is 0 Å². The standard InChI is InChI=1S/C10H20N2O2.ClH/c1-10(2)7(6-8(10)14-3)12-9(13)4-5-11;/h7-8H,4-6,11H2,1-3H3,(H,12,13);1H. The minimum Gasteiger partial charge on any atom is -0.381 e. The SMILES string of the molecule is COC1CC(NC(=O)CCN)C1(C)C.Cl. The highest BCUT2D eigenvalue weighted by molar-refractivity contribution is 5.85. The summed E-state index contributed by atoms with van der Waals surface area (Å²) in [5, 5.41) is 2.97. The number of halogens is 1. The molecule has 2 unspecified atom stereocenters. The van der Waals surface area contributed by atoms with Crippen molar-refractivity contribution in [3.63, 3.8) is 0 Å². The zero-order valence-electron chi connectivity index (χ0n) is 9.58. The molecule has 1 saturated carbocycles. The molecule has 0 spiro atoms. The predicted octanol–water partition coefficient (Wildman–Crippen LogP) is 0.687. The summed E-state index contributed by atoms with van der Waals surface area (Å²) in [6.07, 6.45) is 1.56. The summed E-state index contributed by atoms with van der Waals surface area (Å²) >= 11 is 0. The Labute approximate surface area is 97.3 Å². The third-order valence-corrected chi connectivity index (χ3v) is 3.17. The molecule has 4 nitrogen and oxygen atoms in total. The minimum absolute atomic E-state index is 0. The van der Waals surface area contributed by atoms with Gasteiger partial charge < -0.3 is 15.8 Å². The van der Waals surface area contributed by atoms with Gasteiger partial charge in [0.15, 0.2) is 0 Å². The highest BCUT2D eigenvalue weighted by atomic mass is 35.5. The minimum atomic E-state index is 0. The average molecular weight is 237 g/mol. The third kappa shape index (κ3) is 3.06. The molecule has 1 amide bonds. The zero-order chi connectivity index (χ0) is 10.8. The van der Waals surface area contributed by atoms with Crippen molar-refractivity contribution in [2.75, 3.05) is 13.7 Å². The van der Waals surface area contributed by atoms with E-state index in [9.17, 15) is 4.79 Å². The van der Waals surface area contributed by atoms with E-state index in [1.807, 2.05) is 0 Å². The molecule has 0 radical (unpaired) electrons. The van der Waals surface area contributed by atoms with E-state index in [1.54, 1.807) is 7.11 Å². The van der Waals surface area contributed by atoms with Gasteiger partial charge in [0.05, 0.1) is 6.10 Å². The summed E-state index contributed by atoms with van der Waals surface area (Å²) < 4.78 is 5.30. The van der Waals surface area contributed by atoms with Crippen LogP contribution in [-0.2, 0) is 9.53 Å². The maximum atomic E-state index is 11.3. The molecular formula is C10H21ClN2O2. The first-order chi connectivity index (χ1) is 6.52. The molecule has 5 heteroatoms. The second kappa shape index (κ2) is 5.68. The van der Waals surface area contributed by atoms with Gasteiger partial charge >= 0.3 is 0 Å². The number of amides is 1. The zero-order valence-corrected chi connectivity index (χ0v) is 10.4. The maximum absolute atomic E-state index is 11.3. The van der Waals surface area contributed by atoms with E-state index >= 15 is 0 Å². The van der Waals surface area contributed by atoms with Gasteiger partial charge in [0.25, 0.3) is 0 Å². The third-order valence-electron chi connectivity index (χ3n) is 3.17. The molecule has 0 aromatic carbocycles. The van der Waals surface area contributed by atoms with Crippen molar-refractivity contribution >= 4 is 18.3 Å². The average Bonchev–Trinajstić information content (AvgIpc) is 2.12. The van der Waals surface area contributed by atoms with Crippen molar-refractivity contribution in [3.05, 3.63) is 0 Å².